The maximum absolute atomic E-state index is 12.1. The minimum absolute atomic E-state index is 0.106. The first-order chi connectivity index (χ1) is 11.9. The van der Waals surface area contributed by atoms with Gasteiger partial charge >= 0.3 is 0 Å². The largest absolute Gasteiger partial charge is 0.493 e. The molecule has 0 spiro atoms. The molecule has 0 aromatic heterocycles. The van der Waals surface area contributed by atoms with Crippen LogP contribution < -0.4 is 19.5 Å². The summed E-state index contributed by atoms with van der Waals surface area (Å²) in [5.41, 5.74) is 0.803. The van der Waals surface area contributed by atoms with Crippen LogP contribution in [0.15, 0.2) is 18.2 Å². The zero-order chi connectivity index (χ0) is 18.8. The van der Waals surface area contributed by atoms with Crippen molar-refractivity contribution in [1.82, 2.24) is 5.32 Å². The summed E-state index contributed by atoms with van der Waals surface area (Å²) < 4.78 is 15.9. The summed E-state index contributed by atoms with van der Waals surface area (Å²) in [6.45, 7) is 6.46. The predicted octanol–water partition coefficient (Wildman–Crippen LogP) is 4.06. The van der Waals surface area contributed by atoms with E-state index in [1.54, 1.807) is 39.5 Å². The Morgan fingerprint density at radius 2 is 1.64 bits per heavy atom. The standard InChI is InChI=1S/C20H31NO4/c1-14(2)8-7-9-15(3)21-19(22)11-10-16-12-17(23-4)20(25-6)18(13-16)24-5/h10-15H,7-9H2,1-6H3,(H,21,22)/b11-10+. The molecular weight excluding hydrogens is 318 g/mol. The Hall–Kier alpha value is -2.17. The zero-order valence-electron chi connectivity index (χ0n) is 16.2. The minimum atomic E-state index is -0.106. The lowest BCUT2D eigenvalue weighted by molar-refractivity contribution is -0.117. The van der Waals surface area contributed by atoms with Gasteiger partial charge in [0.05, 0.1) is 21.3 Å². The normalized spacial score (nSPS) is 12.3. The third-order valence-corrected chi connectivity index (χ3v) is 3.92. The van der Waals surface area contributed by atoms with Crippen molar-refractivity contribution < 1.29 is 19.0 Å². The third kappa shape index (κ3) is 7.08. The quantitative estimate of drug-likeness (QED) is 0.647. The molecule has 140 valence electrons. The van der Waals surface area contributed by atoms with Crippen LogP contribution in [0.25, 0.3) is 6.08 Å². The summed E-state index contributed by atoms with van der Waals surface area (Å²) in [5, 5.41) is 2.99. The molecule has 0 aliphatic rings. The SMILES string of the molecule is COc1cc(/C=C/C(=O)NC(C)CCCC(C)C)cc(OC)c1OC. The molecule has 1 N–H and O–H groups in total. The first kappa shape index (κ1) is 20.9. The van der Waals surface area contributed by atoms with Crippen molar-refractivity contribution in [1.29, 1.82) is 0 Å². The van der Waals surface area contributed by atoms with Gasteiger partial charge in [-0.2, -0.15) is 0 Å². The fraction of sp³-hybridized carbons (Fsp3) is 0.550. The van der Waals surface area contributed by atoms with E-state index in [1.807, 2.05) is 6.92 Å². The predicted molar refractivity (Wildman–Crippen MR) is 101 cm³/mol. The van der Waals surface area contributed by atoms with Crippen LogP contribution in [0.2, 0.25) is 0 Å². The highest BCUT2D eigenvalue weighted by Gasteiger charge is 2.12. The number of hydrogen-bond acceptors (Lipinski definition) is 4. The molecule has 0 bridgehead atoms. The first-order valence-electron chi connectivity index (χ1n) is 8.69. The number of carbonyl (C=O) groups is 1. The number of carbonyl (C=O) groups excluding carboxylic acids is 1. The Bertz CT molecular complexity index is 556. The molecule has 0 saturated heterocycles. The Labute approximate surface area is 151 Å². The Balaban J connectivity index is 2.69. The summed E-state index contributed by atoms with van der Waals surface area (Å²) in [5.74, 6) is 2.24. The van der Waals surface area contributed by atoms with E-state index in [9.17, 15) is 4.79 Å². The molecular formula is C20H31NO4. The minimum Gasteiger partial charge on any atom is -0.493 e. The van der Waals surface area contributed by atoms with Gasteiger partial charge in [-0.05, 0) is 43.0 Å². The highest BCUT2D eigenvalue weighted by molar-refractivity contribution is 5.92. The molecule has 1 aromatic carbocycles. The van der Waals surface area contributed by atoms with E-state index in [0.717, 1.165) is 18.4 Å². The molecule has 5 heteroatoms. The van der Waals surface area contributed by atoms with Crippen molar-refractivity contribution in [3.8, 4) is 17.2 Å². The molecule has 0 aliphatic heterocycles. The topological polar surface area (TPSA) is 56.8 Å². The molecule has 1 amide bonds. The average molecular weight is 349 g/mol. The summed E-state index contributed by atoms with van der Waals surface area (Å²) >= 11 is 0. The lowest BCUT2D eigenvalue weighted by atomic mass is 10.0. The van der Waals surface area contributed by atoms with E-state index in [4.69, 9.17) is 14.2 Å². The van der Waals surface area contributed by atoms with Crippen molar-refractivity contribution in [3.63, 3.8) is 0 Å². The molecule has 0 heterocycles. The van der Waals surface area contributed by atoms with E-state index in [0.29, 0.717) is 23.2 Å². The van der Waals surface area contributed by atoms with E-state index < -0.39 is 0 Å². The molecule has 0 aliphatic carbocycles. The van der Waals surface area contributed by atoms with Gasteiger partial charge in [0.25, 0.3) is 0 Å². The maximum Gasteiger partial charge on any atom is 0.244 e. The van der Waals surface area contributed by atoms with Gasteiger partial charge in [-0.3, -0.25) is 4.79 Å². The molecule has 1 atom stereocenters. The molecule has 0 fully saturated rings. The lowest BCUT2D eigenvalue weighted by Crippen LogP contribution is -2.31. The van der Waals surface area contributed by atoms with Crippen LogP contribution in [0.1, 0.15) is 45.6 Å². The van der Waals surface area contributed by atoms with Crippen LogP contribution >= 0.6 is 0 Å². The Morgan fingerprint density at radius 1 is 1.04 bits per heavy atom. The number of hydrogen-bond donors (Lipinski definition) is 1. The van der Waals surface area contributed by atoms with Crippen LogP contribution in [0.5, 0.6) is 17.2 Å². The van der Waals surface area contributed by atoms with Gasteiger partial charge in [0.15, 0.2) is 11.5 Å². The van der Waals surface area contributed by atoms with E-state index >= 15 is 0 Å². The molecule has 1 unspecified atom stereocenters. The molecule has 1 rings (SSSR count). The fourth-order valence-electron chi connectivity index (χ4n) is 2.56. The second-order valence-electron chi connectivity index (χ2n) is 6.53. The van der Waals surface area contributed by atoms with Gasteiger partial charge in [0, 0.05) is 12.1 Å². The second-order valence-corrected chi connectivity index (χ2v) is 6.53. The van der Waals surface area contributed by atoms with E-state index in [-0.39, 0.29) is 11.9 Å². The number of nitrogens with one attached hydrogen (secondary N) is 1. The van der Waals surface area contributed by atoms with Crippen LogP contribution in [0.3, 0.4) is 0 Å². The number of benzene rings is 1. The van der Waals surface area contributed by atoms with Crippen LogP contribution in [0.4, 0.5) is 0 Å². The number of rotatable bonds is 10. The molecule has 0 radical (unpaired) electrons. The summed E-state index contributed by atoms with van der Waals surface area (Å²) in [6, 6.07) is 3.77. The van der Waals surface area contributed by atoms with Crippen molar-refractivity contribution in [2.75, 3.05) is 21.3 Å². The molecule has 25 heavy (non-hydrogen) atoms. The highest BCUT2D eigenvalue weighted by Crippen LogP contribution is 2.38. The van der Waals surface area contributed by atoms with Gasteiger partial charge in [0.1, 0.15) is 0 Å². The second kappa shape index (κ2) is 10.6. The average Bonchev–Trinajstić information content (AvgIpc) is 2.58. The van der Waals surface area contributed by atoms with Crippen LogP contribution in [-0.2, 0) is 4.79 Å². The van der Waals surface area contributed by atoms with Gasteiger partial charge < -0.3 is 19.5 Å². The van der Waals surface area contributed by atoms with Crippen molar-refractivity contribution in [2.45, 2.75) is 46.1 Å². The van der Waals surface area contributed by atoms with Gasteiger partial charge in [0.2, 0.25) is 11.7 Å². The number of amides is 1. The van der Waals surface area contributed by atoms with Gasteiger partial charge in [-0.1, -0.05) is 26.7 Å². The van der Waals surface area contributed by atoms with Gasteiger partial charge in [-0.25, -0.2) is 0 Å². The zero-order valence-corrected chi connectivity index (χ0v) is 16.2. The lowest BCUT2D eigenvalue weighted by Gasteiger charge is -2.14. The van der Waals surface area contributed by atoms with Crippen LogP contribution in [-0.4, -0.2) is 33.3 Å². The summed E-state index contributed by atoms with van der Waals surface area (Å²) in [4.78, 5) is 12.1. The van der Waals surface area contributed by atoms with E-state index in [1.165, 1.54) is 12.5 Å². The van der Waals surface area contributed by atoms with Crippen molar-refractivity contribution in [2.24, 2.45) is 5.92 Å². The monoisotopic (exact) mass is 349 g/mol. The fourth-order valence-corrected chi connectivity index (χ4v) is 2.56. The number of methoxy groups -OCH3 is 3. The summed E-state index contributed by atoms with van der Waals surface area (Å²) in [6.07, 6.45) is 6.55. The number of ether oxygens (including phenoxy) is 3. The molecule has 0 saturated carbocycles. The van der Waals surface area contributed by atoms with Crippen molar-refractivity contribution >= 4 is 12.0 Å². The molecule has 5 nitrogen and oxygen atoms in total. The van der Waals surface area contributed by atoms with Crippen molar-refractivity contribution in [3.05, 3.63) is 23.8 Å². The van der Waals surface area contributed by atoms with Gasteiger partial charge in [-0.15, -0.1) is 0 Å². The Kier molecular flexibility index (Phi) is 8.89. The van der Waals surface area contributed by atoms with Crippen LogP contribution in [0, 0.1) is 5.92 Å². The molecule has 1 aromatic rings. The summed E-state index contributed by atoms with van der Waals surface area (Å²) in [7, 11) is 4.69. The Morgan fingerprint density at radius 3 is 2.12 bits per heavy atom. The van der Waals surface area contributed by atoms with E-state index in [2.05, 4.69) is 19.2 Å². The first-order valence-corrected chi connectivity index (χ1v) is 8.69. The third-order valence-electron chi connectivity index (χ3n) is 3.92. The highest BCUT2D eigenvalue weighted by atomic mass is 16.5. The smallest absolute Gasteiger partial charge is 0.244 e. The maximum atomic E-state index is 12.1.